The summed E-state index contributed by atoms with van der Waals surface area (Å²) in [4.78, 5) is 25.6. The van der Waals surface area contributed by atoms with Gasteiger partial charge in [0.05, 0.1) is 13.2 Å². The van der Waals surface area contributed by atoms with Gasteiger partial charge in [-0.1, -0.05) is 23.7 Å². The highest BCUT2D eigenvalue weighted by Crippen LogP contribution is 2.09. The predicted octanol–water partition coefficient (Wildman–Crippen LogP) is 0.447. The highest BCUT2D eigenvalue weighted by atomic mass is 35.5. The number of amides is 2. The summed E-state index contributed by atoms with van der Waals surface area (Å²) in [7, 11) is 0. The third-order valence-corrected chi connectivity index (χ3v) is 3.89. The Hall–Kier alpha value is -1.63. The van der Waals surface area contributed by atoms with Crippen molar-refractivity contribution in [3.63, 3.8) is 0 Å². The lowest BCUT2D eigenvalue weighted by Gasteiger charge is -2.26. The maximum Gasteiger partial charge on any atom is 0.309 e. The second-order valence-electron chi connectivity index (χ2n) is 5.34. The van der Waals surface area contributed by atoms with E-state index in [1.54, 1.807) is 12.1 Å². The van der Waals surface area contributed by atoms with Gasteiger partial charge in [0.25, 0.3) is 0 Å². The standard InChI is InChI=1S/C16H22ClN3O3/c17-14-3-1-13(2-4-14)5-6-18-15(21)16(22)19-7-8-20-9-11-23-12-10-20/h1-4H,5-12H2,(H,18,21)(H,19,22). The van der Waals surface area contributed by atoms with Crippen LogP contribution in [-0.4, -0.2) is 62.7 Å². The van der Waals surface area contributed by atoms with Gasteiger partial charge in [-0.25, -0.2) is 0 Å². The molecule has 1 aromatic rings. The van der Waals surface area contributed by atoms with E-state index in [1.807, 2.05) is 12.1 Å². The zero-order chi connectivity index (χ0) is 16.5. The summed E-state index contributed by atoms with van der Waals surface area (Å²) in [5.74, 6) is -1.18. The van der Waals surface area contributed by atoms with Crippen LogP contribution in [0.15, 0.2) is 24.3 Å². The lowest BCUT2D eigenvalue weighted by molar-refractivity contribution is -0.139. The summed E-state index contributed by atoms with van der Waals surface area (Å²) >= 11 is 5.81. The van der Waals surface area contributed by atoms with Crippen LogP contribution in [-0.2, 0) is 20.7 Å². The highest BCUT2D eigenvalue weighted by molar-refractivity contribution is 6.35. The van der Waals surface area contributed by atoms with Crippen LogP contribution in [0.2, 0.25) is 5.02 Å². The van der Waals surface area contributed by atoms with Crippen LogP contribution in [0.1, 0.15) is 5.56 Å². The van der Waals surface area contributed by atoms with E-state index < -0.39 is 11.8 Å². The first-order valence-electron chi connectivity index (χ1n) is 7.76. The molecule has 23 heavy (non-hydrogen) atoms. The number of morpholine rings is 1. The van der Waals surface area contributed by atoms with Gasteiger partial charge >= 0.3 is 11.8 Å². The van der Waals surface area contributed by atoms with Crippen LogP contribution in [0.25, 0.3) is 0 Å². The SMILES string of the molecule is O=C(NCCc1ccc(Cl)cc1)C(=O)NCCN1CCOCC1. The maximum absolute atomic E-state index is 11.7. The molecule has 2 amide bonds. The topological polar surface area (TPSA) is 70.7 Å². The first kappa shape index (κ1) is 17.7. The van der Waals surface area contributed by atoms with Gasteiger partial charge in [-0.3, -0.25) is 14.5 Å². The molecule has 1 aliphatic heterocycles. The molecule has 1 heterocycles. The minimum absolute atomic E-state index is 0.414. The molecule has 1 fully saturated rings. The Morgan fingerprint density at radius 3 is 2.30 bits per heavy atom. The molecule has 0 aliphatic carbocycles. The summed E-state index contributed by atoms with van der Waals surface area (Å²) in [6.07, 6.45) is 0.657. The molecular weight excluding hydrogens is 318 g/mol. The van der Waals surface area contributed by atoms with Crippen molar-refractivity contribution in [1.29, 1.82) is 0 Å². The quantitative estimate of drug-likeness (QED) is 0.738. The van der Waals surface area contributed by atoms with Crippen LogP contribution in [0.4, 0.5) is 0 Å². The summed E-state index contributed by atoms with van der Waals surface area (Å²) in [6, 6.07) is 7.40. The lowest BCUT2D eigenvalue weighted by Crippen LogP contribution is -2.45. The van der Waals surface area contributed by atoms with Crippen molar-refractivity contribution in [1.82, 2.24) is 15.5 Å². The van der Waals surface area contributed by atoms with Crippen LogP contribution < -0.4 is 10.6 Å². The Balaban J connectivity index is 1.58. The fourth-order valence-electron chi connectivity index (χ4n) is 2.28. The van der Waals surface area contributed by atoms with Crippen molar-refractivity contribution in [2.75, 3.05) is 45.9 Å². The van der Waals surface area contributed by atoms with E-state index in [0.717, 1.165) is 38.4 Å². The number of halogens is 1. The number of nitrogens with zero attached hydrogens (tertiary/aromatic N) is 1. The predicted molar refractivity (Wildman–Crippen MR) is 88.4 cm³/mol. The third kappa shape index (κ3) is 6.56. The van der Waals surface area contributed by atoms with Crippen LogP contribution >= 0.6 is 11.6 Å². The molecule has 0 unspecified atom stereocenters. The van der Waals surface area contributed by atoms with Crippen LogP contribution in [0, 0.1) is 0 Å². The average molecular weight is 340 g/mol. The molecule has 0 saturated carbocycles. The molecule has 1 saturated heterocycles. The number of rotatable bonds is 6. The van der Waals surface area contributed by atoms with Crippen molar-refractivity contribution >= 4 is 23.4 Å². The monoisotopic (exact) mass is 339 g/mol. The number of hydrogen-bond acceptors (Lipinski definition) is 4. The number of ether oxygens (including phenoxy) is 1. The summed E-state index contributed by atoms with van der Waals surface area (Å²) < 4.78 is 5.25. The molecule has 126 valence electrons. The second-order valence-corrected chi connectivity index (χ2v) is 5.78. The second kappa shape index (κ2) is 9.50. The van der Waals surface area contributed by atoms with Crippen molar-refractivity contribution in [3.8, 4) is 0 Å². The van der Waals surface area contributed by atoms with Gasteiger partial charge in [-0.2, -0.15) is 0 Å². The minimum Gasteiger partial charge on any atom is -0.379 e. The third-order valence-electron chi connectivity index (χ3n) is 3.64. The zero-order valence-electron chi connectivity index (χ0n) is 13.0. The Kier molecular flexibility index (Phi) is 7.32. The molecule has 7 heteroatoms. The molecule has 0 aromatic heterocycles. The molecule has 2 N–H and O–H groups in total. The normalized spacial score (nSPS) is 15.2. The van der Waals surface area contributed by atoms with Crippen LogP contribution in [0.3, 0.4) is 0 Å². The number of hydrogen-bond donors (Lipinski definition) is 2. The van der Waals surface area contributed by atoms with Gasteiger partial charge in [0.1, 0.15) is 0 Å². The van der Waals surface area contributed by atoms with E-state index in [9.17, 15) is 9.59 Å². The van der Waals surface area contributed by atoms with Crippen LogP contribution in [0.5, 0.6) is 0 Å². The first-order valence-corrected chi connectivity index (χ1v) is 8.13. The number of benzene rings is 1. The van der Waals surface area contributed by atoms with E-state index in [2.05, 4.69) is 15.5 Å². The fraction of sp³-hybridized carbons (Fsp3) is 0.500. The summed E-state index contributed by atoms with van der Waals surface area (Å²) in [6.45, 7) is 4.78. The highest BCUT2D eigenvalue weighted by Gasteiger charge is 2.14. The molecule has 2 rings (SSSR count). The van der Waals surface area contributed by atoms with Crippen molar-refractivity contribution in [2.24, 2.45) is 0 Å². The van der Waals surface area contributed by atoms with E-state index >= 15 is 0 Å². The van der Waals surface area contributed by atoms with Gasteiger partial charge in [-0.05, 0) is 24.1 Å². The van der Waals surface area contributed by atoms with E-state index in [1.165, 1.54) is 0 Å². The molecule has 0 atom stereocenters. The van der Waals surface area contributed by atoms with Crippen molar-refractivity contribution in [2.45, 2.75) is 6.42 Å². The minimum atomic E-state index is -0.596. The molecule has 0 bridgehead atoms. The van der Waals surface area contributed by atoms with Crippen molar-refractivity contribution < 1.29 is 14.3 Å². The fourth-order valence-corrected chi connectivity index (χ4v) is 2.41. The number of carbonyl (C=O) groups excluding carboxylic acids is 2. The Morgan fingerprint density at radius 2 is 1.65 bits per heavy atom. The summed E-state index contributed by atoms with van der Waals surface area (Å²) in [5.41, 5.74) is 1.06. The molecule has 0 radical (unpaired) electrons. The Labute approximate surface area is 141 Å². The molecule has 1 aliphatic rings. The smallest absolute Gasteiger partial charge is 0.309 e. The number of carbonyl (C=O) groups is 2. The Morgan fingerprint density at radius 1 is 1.04 bits per heavy atom. The van der Waals surface area contributed by atoms with Crippen molar-refractivity contribution in [3.05, 3.63) is 34.9 Å². The Bertz CT molecular complexity index is 516. The summed E-state index contributed by atoms with van der Waals surface area (Å²) in [5, 5.41) is 5.93. The van der Waals surface area contributed by atoms with E-state index in [-0.39, 0.29) is 0 Å². The largest absolute Gasteiger partial charge is 0.379 e. The van der Waals surface area contributed by atoms with Gasteiger partial charge in [0.15, 0.2) is 0 Å². The van der Waals surface area contributed by atoms with Gasteiger partial charge in [0.2, 0.25) is 0 Å². The molecule has 1 aromatic carbocycles. The van der Waals surface area contributed by atoms with Gasteiger partial charge in [0, 0.05) is 37.7 Å². The maximum atomic E-state index is 11.7. The van der Waals surface area contributed by atoms with Gasteiger partial charge < -0.3 is 15.4 Å². The van der Waals surface area contributed by atoms with E-state index in [4.69, 9.17) is 16.3 Å². The number of nitrogens with one attached hydrogen (secondary N) is 2. The zero-order valence-corrected chi connectivity index (χ0v) is 13.8. The molecule has 6 nitrogen and oxygen atoms in total. The average Bonchev–Trinajstić information content (AvgIpc) is 2.57. The lowest BCUT2D eigenvalue weighted by atomic mass is 10.1. The first-order chi connectivity index (χ1) is 11.1. The molecule has 0 spiro atoms. The van der Waals surface area contributed by atoms with E-state index in [0.29, 0.717) is 24.5 Å². The van der Waals surface area contributed by atoms with Gasteiger partial charge in [-0.15, -0.1) is 0 Å². The molecular formula is C16H22ClN3O3.